The zero-order chi connectivity index (χ0) is 11.5. The first-order chi connectivity index (χ1) is 7.74. The molecule has 0 saturated carbocycles. The molecule has 1 aromatic heterocycles. The second-order valence-electron chi connectivity index (χ2n) is 3.57. The summed E-state index contributed by atoms with van der Waals surface area (Å²) in [4.78, 5) is 0. The molecule has 2 rings (SSSR count). The molecular weight excluding hydrogens is 204 g/mol. The monoisotopic (exact) mass is 218 g/mol. The highest BCUT2D eigenvalue weighted by Gasteiger charge is 2.07. The Bertz CT molecular complexity index is 492. The molecule has 1 aromatic carbocycles. The summed E-state index contributed by atoms with van der Waals surface area (Å²) >= 11 is 0. The summed E-state index contributed by atoms with van der Waals surface area (Å²) in [5, 5.41) is 3.96. The molecule has 4 nitrogen and oxygen atoms in total. The van der Waals surface area contributed by atoms with Gasteiger partial charge in [-0.15, -0.1) is 0 Å². The average molecular weight is 218 g/mol. The van der Waals surface area contributed by atoms with Crippen LogP contribution in [0.1, 0.15) is 11.3 Å². The van der Waals surface area contributed by atoms with Crippen molar-refractivity contribution < 1.29 is 9.26 Å². The summed E-state index contributed by atoms with van der Waals surface area (Å²) in [6.45, 7) is 2.36. The predicted molar refractivity (Wildman–Crippen MR) is 61.1 cm³/mol. The number of benzene rings is 1. The molecule has 0 atom stereocenters. The Morgan fingerprint density at radius 3 is 2.75 bits per heavy atom. The van der Waals surface area contributed by atoms with Gasteiger partial charge < -0.3 is 15.0 Å². The molecule has 2 aromatic rings. The summed E-state index contributed by atoms with van der Waals surface area (Å²) in [6, 6.07) is 7.73. The van der Waals surface area contributed by atoms with E-state index in [9.17, 15) is 0 Å². The maximum absolute atomic E-state index is 5.46. The van der Waals surface area contributed by atoms with Crippen LogP contribution >= 0.6 is 0 Å². The molecule has 0 aliphatic rings. The van der Waals surface area contributed by atoms with E-state index in [2.05, 4.69) is 5.16 Å². The SMILES string of the molecule is COc1ccc(-c2cc(CN)on2)cc1C. The molecule has 4 heteroatoms. The Kier molecular flexibility index (Phi) is 2.92. The molecule has 0 amide bonds. The lowest BCUT2D eigenvalue weighted by molar-refractivity contribution is 0.387. The average Bonchev–Trinajstić information content (AvgIpc) is 2.77. The van der Waals surface area contributed by atoms with Crippen molar-refractivity contribution in [2.75, 3.05) is 7.11 Å². The number of rotatable bonds is 3. The van der Waals surface area contributed by atoms with E-state index in [1.165, 1.54) is 0 Å². The third kappa shape index (κ3) is 1.92. The summed E-state index contributed by atoms with van der Waals surface area (Å²) in [7, 11) is 1.66. The fourth-order valence-corrected chi connectivity index (χ4v) is 1.58. The van der Waals surface area contributed by atoms with Crippen molar-refractivity contribution in [3.05, 3.63) is 35.6 Å². The Morgan fingerprint density at radius 1 is 1.38 bits per heavy atom. The topological polar surface area (TPSA) is 61.3 Å². The molecule has 0 aliphatic carbocycles. The molecule has 1 heterocycles. The maximum Gasteiger partial charge on any atom is 0.150 e. The molecule has 0 spiro atoms. The first-order valence-corrected chi connectivity index (χ1v) is 5.05. The Hall–Kier alpha value is -1.81. The van der Waals surface area contributed by atoms with Gasteiger partial charge >= 0.3 is 0 Å². The van der Waals surface area contributed by atoms with Crippen molar-refractivity contribution in [1.29, 1.82) is 0 Å². The van der Waals surface area contributed by atoms with Crippen molar-refractivity contribution in [3.63, 3.8) is 0 Å². The van der Waals surface area contributed by atoms with Crippen LogP contribution in [0.15, 0.2) is 28.8 Å². The van der Waals surface area contributed by atoms with Crippen LogP contribution in [0.4, 0.5) is 0 Å². The van der Waals surface area contributed by atoms with Gasteiger partial charge in [0.25, 0.3) is 0 Å². The van der Waals surface area contributed by atoms with Crippen molar-refractivity contribution in [2.24, 2.45) is 5.73 Å². The Labute approximate surface area is 94.0 Å². The van der Waals surface area contributed by atoms with E-state index in [1.807, 2.05) is 31.2 Å². The molecule has 0 unspecified atom stereocenters. The molecule has 0 radical (unpaired) electrons. The van der Waals surface area contributed by atoms with Crippen LogP contribution in [-0.2, 0) is 6.54 Å². The number of methoxy groups -OCH3 is 1. The van der Waals surface area contributed by atoms with Gasteiger partial charge in [0, 0.05) is 11.6 Å². The lowest BCUT2D eigenvalue weighted by Crippen LogP contribution is -1.92. The fourth-order valence-electron chi connectivity index (χ4n) is 1.58. The normalized spacial score (nSPS) is 10.4. The molecule has 2 N–H and O–H groups in total. The van der Waals surface area contributed by atoms with Gasteiger partial charge in [-0.05, 0) is 30.7 Å². The number of nitrogens with zero attached hydrogens (tertiary/aromatic N) is 1. The van der Waals surface area contributed by atoms with Crippen molar-refractivity contribution in [3.8, 4) is 17.0 Å². The number of ether oxygens (including phenoxy) is 1. The van der Waals surface area contributed by atoms with Crippen LogP contribution in [0.5, 0.6) is 5.75 Å². The van der Waals surface area contributed by atoms with Crippen LogP contribution in [0.25, 0.3) is 11.3 Å². The van der Waals surface area contributed by atoms with E-state index >= 15 is 0 Å². The number of nitrogens with two attached hydrogens (primary N) is 1. The summed E-state index contributed by atoms with van der Waals surface area (Å²) in [5.74, 6) is 1.55. The van der Waals surface area contributed by atoms with Gasteiger partial charge in [-0.2, -0.15) is 0 Å². The largest absolute Gasteiger partial charge is 0.496 e. The summed E-state index contributed by atoms with van der Waals surface area (Å²) in [5.41, 5.74) is 8.33. The van der Waals surface area contributed by atoms with Gasteiger partial charge in [0.1, 0.15) is 11.4 Å². The number of aromatic nitrogens is 1. The number of aryl methyl sites for hydroxylation is 1. The van der Waals surface area contributed by atoms with E-state index in [0.717, 1.165) is 22.6 Å². The second kappa shape index (κ2) is 4.37. The number of hydrogen-bond donors (Lipinski definition) is 1. The minimum Gasteiger partial charge on any atom is -0.496 e. The first-order valence-electron chi connectivity index (χ1n) is 5.05. The highest BCUT2D eigenvalue weighted by atomic mass is 16.5. The zero-order valence-electron chi connectivity index (χ0n) is 9.36. The van der Waals surface area contributed by atoms with Gasteiger partial charge in [-0.1, -0.05) is 5.16 Å². The van der Waals surface area contributed by atoms with Crippen LogP contribution < -0.4 is 10.5 Å². The standard InChI is InChI=1S/C12H14N2O2/c1-8-5-9(3-4-12(8)15-2)11-6-10(7-13)16-14-11/h3-6H,7,13H2,1-2H3. The quantitative estimate of drug-likeness (QED) is 0.857. The molecule has 0 bridgehead atoms. The minimum atomic E-state index is 0.363. The molecule has 0 aliphatic heterocycles. The van der Waals surface area contributed by atoms with E-state index in [1.54, 1.807) is 7.11 Å². The third-order valence-corrected chi connectivity index (χ3v) is 2.45. The van der Waals surface area contributed by atoms with E-state index in [0.29, 0.717) is 12.3 Å². The Balaban J connectivity index is 2.37. The van der Waals surface area contributed by atoms with Crippen molar-refractivity contribution in [1.82, 2.24) is 5.16 Å². The highest BCUT2D eigenvalue weighted by molar-refractivity contribution is 5.61. The van der Waals surface area contributed by atoms with Gasteiger partial charge in [0.15, 0.2) is 5.76 Å². The predicted octanol–water partition coefficient (Wildman–Crippen LogP) is 2.12. The molecule has 0 saturated heterocycles. The van der Waals surface area contributed by atoms with E-state index in [4.69, 9.17) is 15.0 Å². The van der Waals surface area contributed by atoms with Gasteiger partial charge in [0.2, 0.25) is 0 Å². The lowest BCUT2D eigenvalue weighted by Gasteiger charge is -2.04. The molecule has 16 heavy (non-hydrogen) atoms. The van der Waals surface area contributed by atoms with Gasteiger partial charge in [-0.25, -0.2) is 0 Å². The maximum atomic E-state index is 5.46. The van der Waals surface area contributed by atoms with Crippen molar-refractivity contribution in [2.45, 2.75) is 13.5 Å². The minimum absolute atomic E-state index is 0.363. The fraction of sp³-hybridized carbons (Fsp3) is 0.250. The van der Waals surface area contributed by atoms with Gasteiger partial charge in [-0.3, -0.25) is 0 Å². The first kappa shape index (κ1) is 10.7. The molecule has 84 valence electrons. The van der Waals surface area contributed by atoms with Crippen molar-refractivity contribution >= 4 is 0 Å². The summed E-state index contributed by atoms with van der Waals surface area (Å²) < 4.78 is 10.3. The van der Waals surface area contributed by atoms with Crippen LogP contribution in [0.3, 0.4) is 0 Å². The van der Waals surface area contributed by atoms with E-state index < -0.39 is 0 Å². The number of hydrogen-bond acceptors (Lipinski definition) is 4. The highest BCUT2D eigenvalue weighted by Crippen LogP contribution is 2.25. The van der Waals surface area contributed by atoms with Gasteiger partial charge in [0.05, 0.1) is 13.7 Å². The van der Waals surface area contributed by atoms with E-state index in [-0.39, 0.29) is 0 Å². The van der Waals surface area contributed by atoms with Crippen LogP contribution in [-0.4, -0.2) is 12.3 Å². The smallest absolute Gasteiger partial charge is 0.150 e. The Morgan fingerprint density at radius 2 is 2.19 bits per heavy atom. The second-order valence-corrected chi connectivity index (χ2v) is 3.57. The molecule has 0 fully saturated rings. The van der Waals surface area contributed by atoms with Crippen LogP contribution in [0, 0.1) is 6.92 Å². The lowest BCUT2D eigenvalue weighted by atomic mass is 10.1. The van der Waals surface area contributed by atoms with Crippen LogP contribution in [0.2, 0.25) is 0 Å². The third-order valence-electron chi connectivity index (χ3n) is 2.45. The molecular formula is C12H14N2O2. The summed E-state index contributed by atoms with van der Waals surface area (Å²) in [6.07, 6.45) is 0. The zero-order valence-corrected chi connectivity index (χ0v) is 9.36.